The van der Waals surface area contributed by atoms with Crippen LogP contribution in [0, 0.1) is 5.41 Å². The first-order valence-electron chi connectivity index (χ1n) is 8.44. The Morgan fingerprint density at radius 1 is 0.885 bits per heavy atom. The molecule has 0 spiro atoms. The second-order valence-electron chi connectivity index (χ2n) is 7.09. The van der Waals surface area contributed by atoms with Crippen molar-refractivity contribution in [2.75, 3.05) is 0 Å². The molecular weight excluding hydrogens is 330 g/mol. The van der Waals surface area contributed by atoms with E-state index in [1.54, 1.807) is 24.3 Å². The maximum atomic E-state index is 12.3. The van der Waals surface area contributed by atoms with Gasteiger partial charge in [-0.25, -0.2) is 4.79 Å². The van der Waals surface area contributed by atoms with Gasteiger partial charge in [0.25, 0.3) is 0 Å². The molecular formula is C21H23NO4. The molecule has 0 aliphatic heterocycles. The number of aromatic carboxylic acids is 1. The van der Waals surface area contributed by atoms with Gasteiger partial charge in [-0.1, -0.05) is 56.3 Å². The molecule has 2 N–H and O–H groups in total. The van der Waals surface area contributed by atoms with Crippen LogP contribution in [0.1, 0.15) is 53.0 Å². The minimum atomic E-state index is -0.981. The van der Waals surface area contributed by atoms with Crippen molar-refractivity contribution in [3.63, 3.8) is 0 Å². The number of hydrogen-bond acceptors (Lipinski definition) is 3. The van der Waals surface area contributed by atoms with Crippen LogP contribution in [0.4, 0.5) is 0 Å². The minimum absolute atomic E-state index is 0.0210. The molecule has 0 aliphatic rings. The Kier molecular flexibility index (Phi) is 6.28. The van der Waals surface area contributed by atoms with E-state index in [9.17, 15) is 14.4 Å². The molecule has 26 heavy (non-hydrogen) atoms. The fourth-order valence-corrected chi connectivity index (χ4v) is 2.69. The lowest BCUT2D eigenvalue weighted by molar-refractivity contribution is -0.123. The third-order valence-electron chi connectivity index (χ3n) is 4.06. The number of Topliss-reactive ketones (excluding diaryl/α,β-unsaturated/α-hetero) is 1. The fourth-order valence-electron chi connectivity index (χ4n) is 2.69. The molecule has 1 amide bonds. The summed E-state index contributed by atoms with van der Waals surface area (Å²) in [5.74, 6) is -1.10. The average molecular weight is 353 g/mol. The summed E-state index contributed by atoms with van der Waals surface area (Å²) in [7, 11) is 0. The number of amides is 1. The summed E-state index contributed by atoms with van der Waals surface area (Å²) in [5, 5.41) is 11.7. The van der Waals surface area contributed by atoms with Gasteiger partial charge in [-0.15, -0.1) is 0 Å². The predicted octanol–water partition coefficient (Wildman–Crippen LogP) is 3.69. The zero-order valence-corrected chi connectivity index (χ0v) is 15.0. The molecule has 0 unspecified atom stereocenters. The Morgan fingerprint density at radius 2 is 1.50 bits per heavy atom. The van der Waals surface area contributed by atoms with E-state index in [-0.39, 0.29) is 30.1 Å². The zero-order chi connectivity index (χ0) is 19.2. The van der Waals surface area contributed by atoms with Gasteiger partial charge in [0.15, 0.2) is 5.78 Å². The second-order valence-corrected chi connectivity index (χ2v) is 7.09. The number of carbonyl (C=O) groups is 3. The van der Waals surface area contributed by atoms with Gasteiger partial charge in [0.05, 0.1) is 5.56 Å². The molecule has 0 aliphatic carbocycles. The number of hydrogen-bond donors (Lipinski definition) is 2. The van der Waals surface area contributed by atoms with Crippen molar-refractivity contribution < 1.29 is 19.5 Å². The van der Waals surface area contributed by atoms with Crippen LogP contribution in [0.25, 0.3) is 0 Å². The molecule has 2 aromatic rings. The second kappa shape index (κ2) is 8.43. The van der Waals surface area contributed by atoms with E-state index >= 15 is 0 Å². The number of carboxylic acids is 1. The maximum absolute atomic E-state index is 12.3. The van der Waals surface area contributed by atoms with E-state index in [4.69, 9.17) is 5.11 Å². The van der Waals surface area contributed by atoms with Crippen LogP contribution in [-0.4, -0.2) is 22.8 Å². The average Bonchev–Trinajstić information content (AvgIpc) is 2.60. The van der Waals surface area contributed by atoms with Gasteiger partial charge in [0, 0.05) is 24.9 Å². The van der Waals surface area contributed by atoms with Crippen LogP contribution in [0.3, 0.4) is 0 Å². The third-order valence-corrected chi connectivity index (χ3v) is 4.06. The highest BCUT2D eigenvalue weighted by atomic mass is 16.4. The largest absolute Gasteiger partial charge is 0.478 e. The maximum Gasteiger partial charge on any atom is 0.335 e. The van der Waals surface area contributed by atoms with Crippen LogP contribution in [-0.2, 0) is 11.3 Å². The van der Waals surface area contributed by atoms with E-state index in [0.717, 1.165) is 5.56 Å². The number of benzene rings is 2. The van der Waals surface area contributed by atoms with Crippen molar-refractivity contribution in [1.82, 2.24) is 5.32 Å². The van der Waals surface area contributed by atoms with Crippen LogP contribution in [0.15, 0.2) is 54.6 Å². The number of ketones is 1. The first-order valence-corrected chi connectivity index (χ1v) is 8.44. The molecule has 0 saturated carbocycles. The van der Waals surface area contributed by atoms with Crippen molar-refractivity contribution in [2.24, 2.45) is 5.41 Å². The fraction of sp³-hybridized carbons (Fsp3) is 0.286. The highest BCUT2D eigenvalue weighted by Gasteiger charge is 2.25. The standard InChI is InChI=1S/C21H23NO4/c1-21(2,12-18(23)16-6-4-3-5-7-16)13-19(24)22-14-15-8-10-17(11-9-15)20(25)26/h3-11H,12-14H2,1-2H3,(H,22,24)(H,25,26). The van der Waals surface area contributed by atoms with Gasteiger partial charge in [-0.05, 0) is 23.1 Å². The summed E-state index contributed by atoms with van der Waals surface area (Å²) >= 11 is 0. The topological polar surface area (TPSA) is 83.5 Å². The van der Waals surface area contributed by atoms with E-state index in [0.29, 0.717) is 12.1 Å². The van der Waals surface area contributed by atoms with Crippen LogP contribution < -0.4 is 5.32 Å². The van der Waals surface area contributed by atoms with Crippen LogP contribution >= 0.6 is 0 Å². The summed E-state index contributed by atoms with van der Waals surface area (Å²) < 4.78 is 0. The van der Waals surface area contributed by atoms with Gasteiger partial charge in [-0.3, -0.25) is 9.59 Å². The molecule has 5 heteroatoms. The Morgan fingerprint density at radius 3 is 2.08 bits per heavy atom. The molecule has 2 rings (SSSR count). The minimum Gasteiger partial charge on any atom is -0.478 e. The third kappa shape index (κ3) is 5.84. The number of nitrogens with one attached hydrogen (secondary N) is 1. The quantitative estimate of drug-likeness (QED) is 0.709. The molecule has 0 atom stereocenters. The molecule has 0 aromatic heterocycles. The lowest BCUT2D eigenvalue weighted by Crippen LogP contribution is -2.29. The highest BCUT2D eigenvalue weighted by Crippen LogP contribution is 2.27. The molecule has 136 valence electrons. The lowest BCUT2D eigenvalue weighted by atomic mass is 9.82. The number of carbonyl (C=O) groups excluding carboxylic acids is 2. The first kappa shape index (κ1) is 19.4. The van der Waals surface area contributed by atoms with E-state index in [2.05, 4.69) is 5.32 Å². The van der Waals surface area contributed by atoms with Crippen molar-refractivity contribution in [1.29, 1.82) is 0 Å². The van der Waals surface area contributed by atoms with Crippen molar-refractivity contribution in [3.05, 3.63) is 71.3 Å². The zero-order valence-electron chi connectivity index (χ0n) is 15.0. The van der Waals surface area contributed by atoms with E-state index < -0.39 is 11.4 Å². The molecule has 0 saturated heterocycles. The van der Waals surface area contributed by atoms with Crippen LogP contribution in [0.5, 0.6) is 0 Å². The van der Waals surface area contributed by atoms with Gasteiger partial charge in [0.2, 0.25) is 5.91 Å². The summed E-state index contributed by atoms with van der Waals surface area (Å²) in [5.41, 5.74) is 1.23. The Balaban J connectivity index is 1.85. The molecule has 0 radical (unpaired) electrons. The lowest BCUT2D eigenvalue weighted by Gasteiger charge is -2.23. The van der Waals surface area contributed by atoms with Gasteiger partial charge >= 0.3 is 5.97 Å². The van der Waals surface area contributed by atoms with Crippen LogP contribution in [0.2, 0.25) is 0 Å². The monoisotopic (exact) mass is 353 g/mol. The molecule has 0 fully saturated rings. The van der Waals surface area contributed by atoms with Crippen molar-refractivity contribution in [2.45, 2.75) is 33.2 Å². The molecule has 0 heterocycles. The normalized spacial score (nSPS) is 11.0. The van der Waals surface area contributed by atoms with E-state index in [1.807, 2.05) is 32.0 Å². The summed E-state index contributed by atoms with van der Waals surface area (Å²) in [6.45, 7) is 4.12. The Hall–Kier alpha value is -2.95. The summed E-state index contributed by atoms with van der Waals surface area (Å²) in [4.78, 5) is 35.4. The Bertz CT molecular complexity index is 779. The van der Waals surface area contributed by atoms with Crippen molar-refractivity contribution >= 4 is 17.7 Å². The number of carboxylic acid groups (broad SMARTS) is 1. The van der Waals surface area contributed by atoms with Gasteiger partial charge in [0.1, 0.15) is 0 Å². The van der Waals surface area contributed by atoms with Gasteiger partial charge < -0.3 is 10.4 Å². The number of rotatable bonds is 8. The molecule has 2 aromatic carbocycles. The first-order chi connectivity index (χ1) is 12.3. The molecule has 0 bridgehead atoms. The Labute approximate surface area is 153 Å². The summed E-state index contributed by atoms with van der Waals surface area (Å²) in [6.07, 6.45) is 0.524. The van der Waals surface area contributed by atoms with E-state index in [1.165, 1.54) is 12.1 Å². The molecule has 5 nitrogen and oxygen atoms in total. The van der Waals surface area contributed by atoms with Crippen molar-refractivity contribution in [3.8, 4) is 0 Å². The summed E-state index contributed by atoms with van der Waals surface area (Å²) in [6, 6.07) is 15.4. The smallest absolute Gasteiger partial charge is 0.335 e. The van der Waals surface area contributed by atoms with Gasteiger partial charge in [-0.2, -0.15) is 0 Å². The SMILES string of the molecule is CC(C)(CC(=O)NCc1ccc(C(=O)O)cc1)CC(=O)c1ccccc1. The highest BCUT2D eigenvalue weighted by molar-refractivity contribution is 5.96. The predicted molar refractivity (Wildman–Crippen MR) is 99.0 cm³/mol.